The van der Waals surface area contributed by atoms with Crippen molar-refractivity contribution in [2.45, 2.75) is 24.9 Å². The summed E-state index contributed by atoms with van der Waals surface area (Å²) < 4.78 is 65.5. The molecule has 0 N–H and O–H groups in total. The van der Waals surface area contributed by atoms with E-state index in [1.165, 1.54) is 0 Å². The second-order valence-corrected chi connectivity index (χ2v) is 4.29. The van der Waals surface area contributed by atoms with Crippen LogP contribution in [0.25, 0.3) is 5.57 Å². The Labute approximate surface area is 118 Å². The number of hydrogen-bond donors (Lipinski definition) is 0. The molecule has 0 radical (unpaired) electrons. The number of halogens is 5. The van der Waals surface area contributed by atoms with E-state index in [0.717, 1.165) is 0 Å². The molecule has 1 aromatic carbocycles. The summed E-state index contributed by atoms with van der Waals surface area (Å²) in [7, 11) is 0. The summed E-state index contributed by atoms with van der Waals surface area (Å²) in [4.78, 5) is 11.5. The molecule has 116 valence electrons. The Balaban J connectivity index is 2.40. The van der Waals surface area contributed by atoms with Gasteiger partial charge in [0.1, 0.15) is 0 Å². The summed E-state index contributed by atoms with van der Waals surface area (Å²) >= 11 is 0. The van der Waals surface area contributed by atoms with Crippen LogP contribution in [0.3, 0.4) is 0 Å². The number of ether oxygens (including phenoxy) is 1. The molecule has 0 unspecified atom stereocenters. The molecule has 0 aromatic heterocycles. The number of carbonyl (C=O) groups is 1. The Bertz CT molecular complexity index is 494. The van der Waals surface area contributed by atoms with E-state index in [-0.39, 0.29) is 5.57 Å². The van der Waals surface area contributed by atoms with Gasteiger partial charge >= 0.3 is 18.1 Å². The third-order valence-corrected chi connectivity index (χ3v) is 2.65. The average molecular weight is 308 g/mol. The Hall–Kier alpha value is -1.92. The Morgan fingerprint density at radius 2 is 1.67 bits per heavy atom. The van der Waals surface area contributed by atoms with Crippen molar-refractivity contribution in [1.29, 1.82) is 0 Å². The van der Waals surface area contributed by atoms with Crippen LogP contribution in [0.15, 0.2) is 36.9 Å². The Morgan fingerprint density at radius 1 is 1.10 bits per heavy atom. The number of alkyl halides is 5. The zero-order valence-corrected chi connectivity index (χ0v) is 10.9. The van der Waals surface area contributed by atoms with E-state index in [4.69, 9.17) is 0 Å². The third-order valence-electron chi connectivity index (χ3n) is 2.65. The molecule has 0 aliphatic carbocycles. The summed E-state index contributed by atoms with van der Waals surface area (Å²) in [5.41, 5.74) is 0.501. The van der Waals surface area contributed by atoms with E-state index in [1.54, 1.807) is 30.3 Å². The normalized spacial score (nSPS) is 12.0. The standard InChI is InChI=1S/C14H13F5O2/c1-10(11-6-3-2-4-7-11)12(20)21-9-5-8-13(15,16)14(17,18)19/h2-4,6-7H,1,5,8-9H2. The van der Waals surface area contributed by atoms with Crippen LogP contribution in [0.4, 0.5) is 22.0 Å². The first kappa shape index (κ1) is 17.1. The maximum atomic E-state index is 12.6. The molecule has 0 atom stereocenters. The minimum absolute atomic E-state index is 0.0122. The van der Waals surface area contributed by atoms with Crippen molar-refractivity contribution in [1.82, 2.24) is 0 Å². The van der Waals surface area contributed by atoms with Crippen molar-refractivity contribution in [3.63, 3.8) is 0 Å². The number of carbonyl (C=O) groups excluding carboxylic acids is 1. The predicted molar refractivity (Wildman–Crippen MR) is 66.7 cm³/mol. The molecule has 0 heterocycles. The molecule has 1 rings (SSSR count). The summed E-state index contributed by atoms with van der Waals surface area (Å²) in [5, 5.41) is 0. The van der Waals surface area contributed by atoms with E-state index >= 15 is 0 Å². The van der Waals surface area contributed by atoms with Gasteiger partial charge in [-0.2, -0.15) is 22.0 Å². The van der Waals surface area contributed by atoms with Crippen molar-refractivity contribution in [3.8, 4) is 0 Å². The number of esters is 1. The second-order valence-electron chi connectivity index (χ2n) is 4.29. The van der Waals surface area contributed by atoms with E-state index in [1.807, 2.05) is 0 Å². The van der Waals surface area contributed by atoms with Crippen LogP contribution >= 0.6 is 0 Å². The lowest BCUT2D eigenvalue weighted by molar-refractivity contribution is -0.284. The van der Waals surface area contributed by atoms with Crippen LogP contribution in [-0.2, 0) is 9.53 Å². The zero-order valence-electron chi connectivity index (χ0n) is 10.9. The molecule has 0 aliphatic rings. The first-order valence-corrected chi connectivity index (χ1v) is 6.01. The van der Waals surface area contributed by atoms with Crippen LogP contribution in [-0.4, -0.2) is 24.7 Å². The van der Waals surface area contributed by atoms with Crippen LogP contribution in [0.1, 0.15) is 18.4 Å². The fourth-order valence-electron chi connectivity index (χ4n) is 1.45. The predicted octanol–water partition coefficient (Wildman–Crippen LogP) is 4.22. The SMILES string of the molecule is C=C(C(=O)OCCCC(F)(F)C(F)(F)F)c1ccccc1. The molecular formula is C14H13F5O2. The summed E-state index contributed by atoms with van der Waals surface area (Å²) in [6.07, 6.45) is -7.62. The Kier molecular flexibility index (Phi) is 5.46. The fraction of sp³-hybridized carbons (Fsp3) is 0.357. The molecule has 0 aliphatic heterocycles. The van der Waals surface area contributed by atoms with E-state index < -0.39 is 37.5 Å². The van der Waals surface area contributed by atoms with Gasteiger partial charge in [0, 0.05) is 6.42 Å². The van der Waals surface area contributed by atoms with Gasteiger partial charge in [-0.1, -0.05) is 36.9 Å². The van der Waals surface area contributed by atoms with Gasteiger partial charge in [-0.15, -0.1) is 0 Å². The highest BCUT2D eigenvalue weighted by atomic mass is 19.4. The van der Waals surface area contributed by atoms with Gasteiger partial charge in [0.2, 0.25) is 0 Å². The van der Waals surface area contributed by atoms with Crippen LogP contribution < -0.4 is 0 Å². The molecule has 0 bridgehead atoms. The van der Waals surface area contributed by atoms with Gasteiger partial charge in [0.05, 0.1) is 12.2 Å². The monoisotopic (exact) mass is 308 g/mol. The van der Waals surface area contributed by atoms with Crippen molar-refractivity contribution < 1.29 is 31.5 Å². The molecule has 0 saturated carbocycles. The van der Waals surface area contributed by atoms with Gasteiger partial charge in [-0.3, -0.25) is 0 Å². The largest absolute Gasteiger partial charge is 0.462 e. The Morgan fingerprint density at radius 3 is 2.19 bits per heavy atom. The highest BCUT2D eigenvalue weighted by Gasteiger charge is 2.56. The van der Waals surface area contributed by atoms with E-state index in [0.29, 0.717) is 5.56 Å². The third kappa shape index (κ3) is 4.84. The van der Waals surface area contributed by atoms with Crippen LogP contribution in [0.5, 0.6) is 0 Å². The maximum absolute atomic E-state index is 12.6. The number of hydrogen-bond acceptors (Lipinski definition) is 2. The number of rotatable bonds is 6. The fourth-order valence-corrected chi connectivity index (χ4v) is 1.45. The first-order valence-electron chi connectivity index (χ1n) is 6.01. The van der Waals surface area contributed by atoms with Crippen molar-refractivity contribution >= 4 is 11.5 Å². The lowest BCUT2D eigenvalue weighted by Gasteiger charge is -2.19. The summed E-state index contributed by atoms with van der Waals surface area (Å²) in [6.45, 7) is 2.96. The summed E-state index contributed by atoms with van der Waals surface area (Å²) in [6, 6.07) is 8.25. The molecule has 2 nitrogen and oxygen atoms in total. The maximum Gasteiger partial charge on any atom is 0.453 e. The molecule has 0 saturated heterocycles. The lowest BCUT2D eigenvalue weighted by atomic mass is 10.1. The first-order chi connectivity index (χ1) is 9.65. The minimum atomic E-state index is -5.59. The lowest BCUT2D eigenvalue weighted by Crippen LogP contribution is -2.36. The molecule has 1 aromatic rings. The average Bonchev–Trinajstić information content (AvgIpc) is 2.42. The zero-order chi connectivity index (χ0) is 16.1. The molecule has 0 fully saturated rings. The quantitative estimate of drug-likeness (QED) is 0.340. The highest BCUT2D eigenvalue weighted by Crippen LogP contribution is 2.38. The van der Waals surface area contributed by atoms with Gasteiger partial charge < -0.3 is 4.74 Å². The van der Waals surface area contributed by atoms with Crippen LogP contribution in [0, 0.1) is 0 Å². The van der Waals surface area contributed by atoms with Crippen molar-refractivity contribution in [3.05, 3.63) is 42.5 Å². The summed E-state index contributed by atoms with van der Waals surface area (Å²) in [5.74, 6) is -5.63. The van der Waals surface area contributed by atoms with E-state index in [2.05, 4.69) is 11.3 Å². The molecule has 0 amide bonds. The molecule has 7 heteroatoms. The second kappa shape index (κ2) is 6.69. The van der Waals surface area contributed by atoms with Crippen molar-refractivity contribution in [2.24, 2.45) is 0 Å². The number of benzene rings is 1. The van der Waals surface area contributed by atoms with Crippen LogP contribution in [0.2, 0.25) is 0 Å². The molecule has 0 spiro atoms. The van der Waals surface area contributed by atoms with Gasteiger partial charge in [0.25, 0.3) is 0 Å². The molecule has 21 heavy (non-hydrogen) atoms. The van der Waals surface area contributed by atoms with Gasteiger partial charge in [0.15, 0.2) is 0 Å². The topological polar surface area (TPSA) is 26.3 Å². The smallest absolute Gasteiger partial charge is 0.453 e. The van der Waals surface area contributed by atoms with Gasteiger partial charge in [-0.05, 0) is 12.0 Å². The molecular weight excluding hydrogens is 295 g/mol. The minimum Gasteiger partial charge on any atom is -0.462 e. The van der Waals surface area contributed by atoms with E-state index in [9.17, 15) is 26.7 Å². The van der Waals surface area contributed by atoms with Crippen molar-refractivity contribution in [2.75, 3.05) is 6.61 Å². The van der Waals surface area contributed by atoms with Gasteiger partial charge in [-0.25, -0.2) is 4.79 Å². The highest BCUT2D eigenvalue weighted by molar-refractivity contribution is 6.15.